The number of rotatable bonds is 8. The van der Waals surface area contributed by atoms with Gasteiger partial charge in [0.2, 0.25) is 0 Å². The number of hydrogen-bond acceptors (Lipinski definition) is 4. The van der Waals surface area contributed by atoms with Gasteiger partial charge in [0.15, 0.2) is 11.5 Å². The normalized spacial score (nSPS) is 11.1. The molecule has 0 atom stereocenters. The zero-order valence-electron chi connectivity index (χ0n) is 11.4. The molecular weight excluding hydrogens is 264 g/mol. The summed E-state index contributed by atoms with van der Waals surface area (Å²) in [5.41, 5.74) is 0.991. The highest BCUT2D eigenvalue weighted by Crippen LogP contribution is 2.29. The Bertz CT molecular complexity index is 520. The van der Waals surface area contributed by atoms with Crippen LogP contribution in [-0.4, -0.2) is 21.3 Å². The number of benzene rings is 1. The van der Waals surface area contributed by atoms with Crippen molar-refractivity contribution in [2.24, 2.45) is 0 Å². The molecule has 0 unspecified atom stereocenters. The lowest BCUT2D eigenvalue weighted by molar-refractivity contribution is 0.390. The molecule has 0 fully saturated rings. The molecular formula is C14H20O4S. The molecule has 5 heteroatoms. The maximum atomic E-state index is 11.7. The van der Waals surface area contributed by atoms with Crippen LogP contribution >= 0.6 is 0 Å². The summed E-state index contributed by atoms with van der Waals surface area (Å²) in [7, 11) is -2.07. The molecule has 0 spiro atoms. The van der Waals surface area contributed by atoms with E-state index in [0.29, 0.717) is 18.6 Å². The van der Waals surface area contributed by atoms with Crippen molar-refractivity contribution in [2.45, 2.75) is 26.2 Å². The zero-order chi connectivity index (χ0) is 14.3. The summed E-state index contributed by atoms with van der Waals surface area (Å²) in [6.45, 7) is 5.59. The second-order valence-corrected chi connectivity index (χ2v) is 5.87. The first-order valence-corrected chi connectivity index (χ1v) is 7.80. The number of unbranched alkanes of at least 4 members (excludes halogenated alkanes) is 1. The van der Waals surface area contributed by atoms with E-state index in [2.05, 4.69) is 6.58 Å². The largest absolute Gasteiger partial charge is 0.493 e. The summed E-state index contributed by atoms with van der Waals surface area (Å²) in [6.07, 6.45) is 3.85. The Morgan fingerprint density at radius 3 is 2.63 bits per heavy atom. The summed E-state index contributed by atoms with van der Waals surface area (Å²) >= 11 is 0. The zero-order valence-corrected chi connectivity index (χ0v) is 12.2. The fourth-order valence-corrected chi connectivity index (χ4v) is 2.71. The average Bonchev–Trinajstić information content (AvgIpc) is 2.38. The van der Waals surface area contributed by atoms with Gasteiger partial charge in [0.1, 0.15) is 0 Å². The average molecular weight is 284 g/mol. The molecule has 0 heterocycles. The highest BCUT2D eigenvalue weighted by molar-refractivity contribution is 7.87. The van der Waals surface area contributed by atoms with Gasteiger partial charge in [-0.05, 0) is 30.5 Å². The second kappa shape index (κ2) is 7.19. The molecule has 19 heavy (non-hydrogen) atoms. The number of allylic oxidation sites excluding steroid dienone is 1. The van der Waals surface area contributed by atoms with Gasteiger partial charge in [-0.3, -0.25) is 0 Å². The molecule has 0 aliphatic rings. The van der Waals surface area contributed by atoms with E-state index in [1.807, 2.05) is 6.92 Å². The van der Waals surface area contributed by atoms with Crippen molar-refractivity contribution in [3.8, 4) is 11.5 Å². The molecule has 1 aromatic rings. The monoisotopic (exact) mass is 284 g/mol. The van der Waals surface area contributed by atoms with E-state index in [9.17, 15) is 8.42 Å². The Balaban J connectivity index is 2.91. The van der Waals surface area contributed by atoms with Crippen molar-refractivity contribution in [2.75, 3.05) is 12.9 Å². The fourth-order valence-electron chi connectivity index (χ4n) is 1.57. The van der Waals surface area contributed by atoms with Crippen LogP contribution in [0.25, 0.3) is 0 Å². The SMILES string of the molecule is C=CCc1ccc(OS(=O)(=O)CCCC)c(OC)c1. The summed E-state index contributed by atoms with van der Waals surface area (Å²) in [6, 6.07) is 5.17. The van der Waals surface area contributed by atoms with Crippen LogP contribution in [0.2, 0.25) is 0 Å². The highest BCUT2D eigenvalue weighted by atomic mass is 32.2. The van der Waals surface area contributed by atoms with E-state index in [1.54, 1.807) is 24.3 Å². The Morgan fingerprint density at radius 1 is 1.32 bits per heavy atom. The Kier molecular flexibility index (Phi) is 5.89. The molecule has 0 aliphatic heterocycles. The quantitative estimate of drug-likeness (QED) is 0.544. The Morgan fingerprint density at radius 2 is 2.05 bits per heavy atom. The van der Waals surface area contributed by atoms with Gasteiger partial charge in [0, 0.05) is 0 Å². The molecule has 0 aliphatic carbocycles. The summed E-state index contributed by atoms with van der Waals surface area (Å²) in [4.78, 5) is 0. The van der Waals surface area contributed by atoms with Crippen molar-refractivity contribution in [3.05, 3.63) is 36.4 Å². The predicted octanol–water partition coefficient (Wildman–Crippen LogP) is 2.93. The molecule has 1 aromatic carbocycles. The van der Waals surface area contributed by atoms with Gasteiger partial charge in [-0.25, -0.2) is 0 Å². The molecule has 0 radical (unpaired) electrons. The van der Waals surface area contributed by atoms with Crippen molar-refractivity contribution in [1.29, 1.82) is 0 Å². The van der Waals surface area contributed by atoms with E-state index in [-0.39, 0.29) is 11.5 Å². The molecule has 0 aromatic heterocycles. The van der Waals surface area contributed by atoms with Crippen LogP contribution in [-0.2, 0) is 16.5 Å². The van der Waals surface area contributed by atoms with Crippen molar-refractivity contribution in [1.82, 2.24) is 0 Å². The molecule has 106 valence electrons. The van der Waals surface area contributed by atoms with Crippen molar-refractivity contribution in [3.63, 3.8) is 0 Å². The van der Waals surface area contributed by atoms with Crippen molar-refractivity contribution < 1.29 is 17.3 Å². The third-order valence-corrected chi connectivity index (χ3v) is 3.79. The van der Waals surface area contributed by atoms with Gasteiger partial charge in [-0.2, -0.15) is 8.42 Å². The molecule has 0 saturated carbocycles. The Hall–Kier alpha value is -1.49. The molecule has 0 N–H and O–H groups in total. The van der Waals surface area contributed by atoms with Crippen LogP contribution in [0.1, 0.15) is 25.3 Å². The first-order valence-electron chi connectivity index (χ1n) is 6.22. The number of ether oxygens (including phenoxy) is 1. The first-order chi connectivity index (χ1) is 9.02. The standard InChI is InChI=1S/C14H20O4S/c1-4-6-10-19(15,16)18-13-9-8-12(7-5-2)11-14(13)17-3/h5,8-9,11H,2,4,6-7,10H2,1,3H3. The maximum Gasteiger partial charge on any atom is 0.309 e. The van der Waals surface area contributed by atoms with Crippen LogP contribution in [0.3, 0.4) is 0 Å². The van der Waals surface area contributed by atoms with Crippen LogP contribution in [0.15, 0.2) is 30.9 Å². The van der Waals surface area contributed by atoms with Crippen LogP contribution < -0.4 is 8.92 Å². The molecule has 0 amide bonds. The minimum Gasteiger partial charge on any atom is -0.493 e. The molecule has 1 rings (SSSR count). The van der Waals surface area contributed by atoms with Gasteiger partial charge in [-0.15, -0.1) is 6.58 Å². The van der Waals surface area contributed by atoms with E-state index in [0.717, 1.165) is 12.0 Å². The van der Waals surface area contributed by atoms with E-state index in [1.165, 1.54) is 7.11 Å². The Labute approximate surface area is 115 Å². The smallest absolute Gasteiger partial charge is 0.309 e. The van der Waals surface area contributed by atoms with E-state index in [4.69, 9.17) is 8.92 Å². The predicted molar refractivity (Wildman–Crippen MR) is 76.2 cm³/mol. The lowest BCUT2D eigenvalue weighted by Crippen LogP contribution is -2.14. The fraction of sp³-hybridized carbons (Fsp3) is 0.429. The van der Waals surface area contributed by atoms with E-state index < -0.39 is 10.1 Å². The van der Waals surface area contributed by atoms with Crippen LogP contribution in [0.4, 0.5) is 0 Å². The summed E-state index contributed by atoms with van der Waals surface area (Å²) < 4.78 is 33.7. The molecule has 0 saturated heterocycles. The molecule has 4 nitrogen and oxygen atoms in total. The summed E-state index contributed by atoms with van der Waals surface area (Å²) in [5.74, 6) is 0.659. The minimum atomic E-state index is -3.55. The summed E-state index contributed by atoms with van der Waals surface area (Å²) in [5, 5.41) is 0. The van der Waals surface area contributed by atoms with Crippen LogP contribution in [0, 0.1) is 0 Å². The van der Waals surface area contributed by atoms with Crippen LogP contribution in [0.5, 0.6) is 11.5 Å². The highest BCUT2D eigenvalue weighted by Gasteiger charge is 2.15. The third-order valence-electron chi connectivity index (χ3n) is 2.57. The van der Waals surface area contributed by atoms with E-state index >= 15 is 0 Å². The minimum absolute atomic E-state index is 0.0149. The number of hydrogen-bond donors (Lipinski definition) is 0. The third kappa shape index (κ3) is 4.95. The van der Waals surface area contributed by atoms with Gasteiger partial charge in [0.25, 0.3) is 0 Å². The maximum absolute atomic E-state index is 11.7. The van der Waals surface area contributed by atoms with Crippen molar-refractivity contribution >= 4 is 10.1 Å². The lowest BCUT2D eigenvalue weighted by Gasteiger charge is -2.11. The van der Waals surface area contributed by atoms with Gasteiger partial charge in [0.05, 0.1) is 12.9 Å². The lowest BCUT2D eigenvalue weighted by atomic mass is 10.1. The number of methoxy groups -OCH3 is 1. The van der Waals surface area contributed by atoms with Gasteiger partial charge < -0.3 is 8.92 Å². The first kappa shape index (κ1) is 15.6. The molecule has 0 bridgehead atoms. The van der Waals surface area contributed by atoms with Gasteiger partial charge >= 0.3 is 10.1 Å². The topological polar surface area (TPSA) is 52.6 Å². The van der Waals surface area contributed by atoms with Gasteiger partial charge in [-0.1, -0.05) is 25.5 Å². The second-order valence-electron chi connectivity index (χ2n) is 4.18.